The van der Waals surface area contributed by atoms with E-state index in [1.54, 1.807) is 30.3 Å². The van der Waals surface area contributed by atoms with Gasteiger partial charge in [0.25, 0.3) is 0 Å². The Morgan fingerprint density at radius 3 is 2.75 bits per heavy atom. The van der Waals surface area contributed by atoms with Crippen molar-refractivity contribution < 1.29 is 9.53 Å². The normalized spacial score (nSPS) is 9.80. The molecule has 0 unspecified atom stereocenters. The lowest BCUT2D eigenvalue weighted by molar-refractivity contribution is 0.0472. The third-order valence-electron chi connectivity index (χ3n) is 2.71. The van der Waals surface area contributed by atoms with E-state index < -0.39 is 5.97 Å². The highest BCUT2D eigenvalue weighted by Crippen LogP contribution is 2.20. The molecule has 2 aromatic carbocycles. The highest BCUT2D eigenvalue weighted by molar-refractivity contribution is 6.33. The molecule has 0 aliphatic rings. The maximum atomic E-state index is 11.9. The van der Waals surface area contributed by atoms with Crippen molar-refractivity contribution in [2.75, 3.05) is 5.73 Å². The quantitative estimate of drug-likeness (QED) is 0.694. The predicted octanol–water partition coefficient (Wildman–Crippen LogP) is 3.15. The molecule has 0 bridgehead atoms. The summed E-state index contributed by atoms with van der Waals surface area (Å²) in [7, 11) is 0. The van der Waals surface area contributed by atoms with Crippen LogP contribution in [0.4, 0.5) is 5.69 Å². The number of rotatable bonds is 3. The number of hydrogen-bond donors (Lipinski definition) is 1. The summed E-state index contributed by atoms with van der Waals surface area (Å²) in [5.41, 5.74) is 7.40. The number of benzene rings is 2. The molecule has 2 rings (SSSR count). The maximum Gasteiger partial charge on any atom is 0.339 e. The second-order valence-electron chi connectivity index (χ2n) is 4.08. The van der Waals surface area contributed by atoms with Gasteiger partial charge in [-0.3, -0.25) is 0 Å². The number of nitrogens with zero attached hydrogens (tertiary/aromatic N) is 1. The highest BCUT2D eigenvalue weighted by Gasteiger charge is 2.13. The van der Waals surface area contributed by atoms with E-state index in [2.05, 4.69) is 0 Å². The maximum absolute atomic E-state index is 11.9. The third kappa shape index (κ3) is 3.08. The van der Waals surface area contributed by atoms with Crippen LogP contribution < -0.4 is 5.73 Å². The Hall–Kier alpha value is -2.51. The Morgan fingerprint density at radius 2 is 2.05 bits per heavy atom. The third-order valence-corrected chi connectivity index (χ3v) is 3.02. The van der Waals surface area contributed by atoms with Crippen LogP contribution in [0.2, 0.25) is 5.02 Å². The number of esters is 1. The molecule has 0 atom stereocenters. The molecule has 0 amide bonds. The fourth-order valence-corrected chi connectivity index (χ4v) is 1.94. The fraction of sp³-hybridized carbons (Fsp3) is 0.0667. The van der Waals surface area contributed by atoms with Gasteiger partial charge in [0, 0.05) is 11.3 Å². The molecule has 4 nitrogen and oxygen atoms in total. The zero-order valence-electron chi connectivity index (χ0n) is 10.5. The van der Waals surface area contributed by atoms with Gasteiger partial charge in [0.2, 0.25) is 0 Å². The van der Waals surface area contributed by atoms with Crippen molar-refractivity contribution >= 4 is 23.3 Å². The Bertz CT molecular complexity index is 693. The Balaban J connectivity index is 2.11. The number of carbonyl (C=O) groups is 1. The summed E-state index contributed by atoms with van der Waals surface area (Å²) < 4.78 is 5.16. The van der Waals surface area contributed by atoms with Gasteiger partial charge in [-0.05, 0) is 24.3 Å². The van der Waals surface area contributed by atoms with Crippen LogP contribution in [0, 0.1) is 11.3 Å². The van der Waals surface area contributed by atoms with E-state index in [-0.39, 0.29) is 17.2 Å². The first-order valence-corrected chi connectivity index (χ1v) is 6.20. The first-order chi connectivity index (χ1) is 9.61. The van der Waals surface area contributed by atoms with Crippen molar-refractivity contribution in [2.45, 2.75) is 6.61 Å². The van der Waals surface area contributed by atoms with E-state index in [4.69, 9.17) is 27.3 Å². The molecule has 0 aliphatic heterocycles. The van der Waals surface area contributed by atoms with Crippen molar-refractivity contribution in [1.82, 2.24) is 0 Å². The Kier molecular flexibility index (Phi) is 4.24. The number of nitrogens with two attached hydrogens (primary N) is 1. The summed E-state index contributed by atoms with van der Waals surface area (Å²) in [6.45, 7) is 0.0171. The molecule has 5 heteroatoms. The second kappa shape index (κ2) is 6.09. The van der Waals surface area contributed by atoms with Crippen molar-refractivity contribution in [3.63, 3.8) is 0 Å². The number of halogens is 1. The zero-order chi connectivity index (χ0) is 14.5. The summed E-state index contributed by atoms with van der Waals surface area (Å²) in [6.07, 6.45) is 0. The van der Waals surface area contributed by atoms with E-state index in [0.717, 1.165) is 0 Å². The molecule has 0 aliphatic carbocycles. The largest absolute Gasteiger partial charge is 0.457 e. The second-order valence-corrected chi connectivity index (χ2v) is 4.49. The molecule has 0 saturated heterocycles. The average molecular weight is 287 g/mol. The standard InChI is InChI=1S/C15H11ClN2O2/c16-14-7-12(18)5-6-13(14)15(19)20-9-11-4-2-1-3-10(11)8-17/h1-7H,9,18H2. The van der Waals surface area contributed by atoms with Crippen LogP contribution >= 0.6 is 11.6 Å². The fourth-order valence-electron chi connectivity index (χ4n) is 1.67. The average Bonchev–Trinajstić information content (AvgIpc) is 2.45. The molecule has 0 spiro atoms. The molecular weight excluding hydrogens is 276 g/mol. The molecule has 100 valence electrons. The van der Waals surface area contributed by atoms with E-state index in [1.807, 2.05) is 6.07 Å². The highest BCUT2D eigenvalue weighted by atomic mass is 35.5. The van der Waals surface area contributed by atoms with Crippen molar-refractivity contribution in [1.29, 1.82) is 5.26 Å². The predicted molar refractivity (Wildman–Crippen MR) is 76.1 cm³/mol. The number of nitrogen functional groups attached to an aromatic ring is 1. The molecule has 20 heavy (non-hydrogen) atoms. The van der Waals surface area contributed by atoms with Crippen molar-refractivity contribution in [3.05, 3.63) is 64.2 Å². The summed E-state index contributed by atoms with van der Waals surface area (Å²) in [5.74, 6) is -0.553. The smallest absolute Gasteiger partial charge is 0.339 e. The van der Waals surface area contributed by atoms with Gasteiger partial charge in [0.15, 0.2) is 0 Å². The van der Waals surface area contributed by atoms with Gasteiger partial charge in [0.05, 0.1) is 22.2 Å². The first kappa shape index (κ1) is 13.9. The van der Waals surface area contributed by atoms with Crippen molar-refractivity contribution in [3.8, 4) is 6.07 Å². The summed E-state index contributed by atoms with van der Waals surface area (Å²) in [6, 6.07) is 13.5. The van der Waals surface area contributed by atoms with Crippen LogP contribution in [0.1, 0.15) is 21.5 Å². The zero-order valence-corrected chi connectivity index (χ0v) is 11.2. The van der Waals surface area contributed by atoms with E-state index in [9.17, 15) is 4.79 Å². The Morgan fingerprint density at radius 1 is 1.30 bits per heavy atom. The molecule has 0 heterocycles. The van der Waals surface area contributed by atoms with Crippen LogP contribution in [0.15, 0.2) is 42.5 Å². The van der Waals surface area contributed by atoms with Gasteiger partial charge in [-0.1, -0.05) is 29.8 Å². The summed E-state index contributed by atoms with van der Waals surface area (Å²) in [5, 5.41) is 9.19. The van der Waals surface area contributed by atoms with Gasteiger partial charge >= 0.3 is 5.97 Å². The number of nitriles is 1. The van der Waals surface area contributed by atoms with Crippen LogP contribution in [0.5, 0.6) is 0 Å². The lowest BCUT2D eigenvalue weighted by atomic mass is 10.1. The van der Waals surface area contributed by atoms with E-state index >= 15 is 0 Å². The minimum Gasteiger partial charge on any atom is -0.457 e. The first-order valence-electron chi connectivity index (χ1n) is 5.82. The molecule has 2 aromatic rings. The molecule has 0 radical (unpaired) electrons. The van der Waals surface area contributed by atoms with Gasteiger partial charge < -0.3 is 10.5 Å². The van der Waals surface area contributed by atoms with E-state index in [1.165, 1.54) is 12.1 Å². The van der Waals surface area contributed by atoms with Crippen molar-refractivity contribution in [2.24, 2.45) is 0 Å². The minimum atomic E-state index is -0.553. The number of hydrogen-bond acceptors (Lipinski definition) is 4. The molecule has 2 N–H and O–H groups in total. The summed E-state index contributed by atoms with van der Waals surface area (Å²) in [4.78, 5) is 11.9. The van der Waals surface area contributed by atoms with Gasteiger partial charge in [-0.2, -0.15) is 5.26 Å². The SMILES string of the molecule is N#Cc1ccccc1COC(=O)c1ccc(N)cc1Cl. The van der Waals surface area contributed by atoms with Crippen LogP contribution in [-0.2, 0) is 11.3 Å². The molecule has 0 aromatic heterocycles. The molecule has 0 saturated carbocycles. The molecular formula is C15H11ClN2O2. The number of anilines is 1. The summed E-state index contributed by atoms with van der Waals surface area (Å²) >= 11 is 5.93. The van der Waals surface area contributed by atoms with Gasteiger partial charge in [0.1, 0.15) is 6.61 Å². The topological polar surface area (TPSA) is 76.1 Å². The van der Waals surface area contributed by atoms with Crippen LogP contribution in [-0.4, -0.2) is 5.97 Å². The monoisotopic (exact) mass is 286 g/mol. The van der Waals surface area contributed by atoms with Gasteiger partial charge in [-0.25, -0.2) is 4.79 Å². The van der Waals surface area contributed by atoms with Gasteiger partial charge in [-0.15, -0.1) is 0 Å². The van der Waals surface area contributed by atoms with Crippen LogP contribution in [0.25, 0.3) is 0 Å². The molecule has 0 fully saturated rings. The lowest BCUT2D eigenvalue weighted by Gasteiger charge is -2.08. The lowest BCUT2D eigenvalue weighted by Crippen LogP contribution is -2.07. The Labute approximate surface area is 121 Å². The number of carbonyl (C=O) groups excluding carboxylic acids is 1. The minimum absolute atomic E-state index is 0.0171. The van der Waals surface area contributed by atoms with E-state index in [0.29, 0.717) is 16.8 Å². The number of ether oxygens (including phenoxy) is 1. The van der Waals surface area contributed by atoms with Crippen LogP contribution in [0.3, 0.4) is 0 Å².